The van der Waals surface area contributed by atoms with Gasteiger partial charge in [-0.25, -0.2) is 0 Å². The summed E-state index contributed by atoms with van der Waals surface area (Å²) in [5.41, 5.74) is 3.23. The van der Waals surface area contributed by atoms with E-state index >= 15 is 0 Å². The molecule has 0 spiro atoms. The van der Waals surface area contributed by atoms with Crippen molar-refractivity contribution in [3.8, 4) is 5.75 Å². The van der Waals surface area contributed by atoms with Crippen molar-refractivity contribution in [2.75, 3.05) is 7.11 Å². The second-order valence-electron chi connectivity index (χ2n) is 4.56. The molecule has 1 radical (unpaired) electrons. The fourth-order valence-electron chi connectivity index (χ4n) is 2.08. The topological polar surface area (TPSA) is 26.3 Å². The summed E-state index contributed by atoms with van der Waals surface area (Å²) in [5, 5.41) is -0.173. The van der Waals surface area contributed by atoms with E-state index in [4.69, 9.17) is 16.3 Å². The minimum atomic E-state index is -0.173. The molecule has 1 aromatic carbocycles. The number of methoxy groups -OCH3 is 1. The van der Waals surface area contributed by atoms with Crippen LogP contribution in [0.2, 0.25) is 0 Å². The summed E-state index contributed by atoms with van der Waals surface area (Å²) in [6.07, 6.45) is 5.99. The first-order chi connectivity index (χ1) is 9.63. The molecule has 2 rings (SSSR count). The maximum absolute atomic E-state index is 10.6. The van der Waals surface area contributed by atoms with Crippen LogP contribution in [0.15, 0.2) is 46.0 Å². The third kappa shape index (κ3) is 3.74. The smallest absolute Gasteiger partial charge is 0.124 e. The summed E-state index contributed by atoms with van der Waals surface area (Å²) in [5.74, 6) is 0.842. The van der Waals surface area contributed by atoms with E-state index in [2.05, 4.69) is 15.9 Å². The minimum absolute atomic E-state index is 0.173. The van der Waals surface area contributed by atoms with E-state index in [0.29, 0.717) is 6.42 Å². The number of hydrogen-bond donors (Lipinski definition) is 0. The Hall–Kier alpha value is -1.06. The fourth-order valence-corrected chi connectivity index (χ4v) is 2.96. The first kappa shape index (κ1) is 15.3. The van der Waals surface area contributed by atoms with E-state index in [1.54, 1.807) is 7.11 Å². The first-order valence-corrected chi connectivity index (χ1v) is 7.51. The molecule has 2 nitrogen and oxygen atoms in total. The predicted octanol–water partition coefficient (Wildman–Crippen LogP) is 4.23. The van der Waals surface area contributed by atoms with Crippen LogP contribution < -0.4 is 4.74 Å². The zero-order valence-corrected chi connectivity index (χ0v) is 13.4. The highest BCUT2D eigenvalue weighted by molar-refractivity contribution is 9.11. The molecule has 4 heteroatoms. The molecule has 0 aromatic heterocycles. The summed E-state index contributed by atoms with van der Waals surface area (Å²) in [6.45, 7) is 0. The Labute approximate surface area is 132 Å². The number of alkyl halides is 1. The summed E-state index contributed by atoms with van der Waals surface area (Å²) in [7, 11) is 1.65. The lowest BCUT2D eigenvalue weighted by molar-refractivity contribution is -0.107. The monoisotopic (exact) mass is 353 g/mol. The third-order valence-corrected chi connectivity index (χ3v) is 4.34. The van der Waals surface area contributed by atoms with Gasteiger partial charge in [0.2, 0.25) is 0 Å². The average Bonchev–Trinajstić information content (AvgIpc) is 2.45. The highest BCUT2D eigenvalue weighted by atomic mass is 79.9. The van der Waals surface area contributed by atoms with Crippen LogP contribution in [0.25, 0.3) is 0 Å². The third-order valence-electron chi connectivity index (χ3n) is 3.19. The van der Waals surface area contributed by atoms with Crippen LogP contribution in [-0.2, 0) is 11.2 Å². The van der Waals surface area contributed by atoms with Gasteiger partial charge in [0.05, 0.1) is 12.5 Å². The fraction of sp³-hybridized carbons (Fsp3) is 0.250. The number of carbonyl (C=O) groups is 1. The molecule has 1 aliphatic carbocycles. The molecule has 0 heterocycles. The molecule has 20 heavy (non-hydrogen) atoms. The quantitative estimate of drug-likeness (QED) is 0.584. The number of aldehydes is 1. The van der Waals surface area contributed by atoms with Crippen LogP contribution in [0.4, 0.5) is 0 Å². The van der Waals surface area contributed by atoms with Gasteiger partial charge in [-0.05, 0) is 41.3 Å². The lowest BCUT2D eigenvalue weighted by atomic mass is 9.92. The molecule has 0 fully saturated rings. The van der Waals surface area contributed by atoms with Gasteiger partial charge in [-0.15, -0.1) is 11.6 Å². The zero-order chi connectivity index (χ0) is 14.5. The second-order valence-corrected chi connectivity index (χ2v) is 5.88. The van der Waals surface area contributed by atoms with Gasteiger partial charge in [-0.3, -0.25) is 0 Å². The summed E-state index contributed by atoms with van der Waals surface area (Å²) >= 11 is 9.86. The van der Waals surface area contributed by atoms with Crippen molar-refractivity contribution in [3.05, 3.63) is 58.0 Å². The van der Waals surface area contributed by atoms with Gasteiger partial charge in [0.15, 0.2) is 0 Å². The van der Waals surface area contributed by atoms with E-state index < -0.39 is 0 Å². The van der Waals surface area contributed by atoms with Crippen molar-refractivity contribution in [2.45, 2.75) is 18.2 Å². The van der Waals surface area contributed by atoms with Crippen LogP contribution in [0.1, 0.15) is 12.0 Å². The molecule has 0 amide bonds. The number of halogens is 2. The Morgan fingerprint density at radius 3 is 2.65 bits per heavy atom. The number of rotatable bonds is 5. The van der Waals surface area contributed by atoms with Crippen molar-refractivity contribution >= 4 is 33.8 Å². The van der Waals surface area contributed by atoms with Gasteiger partial charge >= 0.3 is 0 Å². The van der Waals surface area contributed by atoms with Crippen molar-refractivity contribution in [1.82, 2.24) is 0 Å². The van der Waals surface area contributed by atoms with Crippen LogP contribution in [0.5, 0.6) is 5.75 Å². The molecule has 0 saturated heterocycles. The zero-order valence-electron chi connectivity index (χ0n) is 11.1. The molecule has 0 unspecified atom stereocenters. The van der Waals surface area contributed by atoms with E-state index in [1.807, 2.05) is 36.8 Å². The lowest BCUT2D eigenvalue weighted by Crippen LogP contribution is -2.13. The number of ether oxygens (including phenoxy) is 1. The van der Waals surface area contributed by atoms with Gasteiger partial charge in [-0.1, -0.05) is 28.1 Å². The minimum Gasteiger partial charge on any atom is -0.497 e. The average molecular weight is 355 g/mol. The van der Waals surface area contributed by atoms with Gasteiger partial charge in [-0.2, -0.15) is 0 Å². The van der Waals surface area contributed by atoms with Gasteiger partial charge < -0.3 is 9.53 Å². The number of hydrogen-bond acceptors (Lipinski definition) is 2. The Kier molecular flexibility index (Phi) is 5.44. The number of allylic oxidation sites excluding steroid dienone is 4. The van der Waals surface area contributed by atoms with E-state index in [1.165, 1.54) is 5.56 Å². The normalized spacial score (nSPS) is 18.8. The molecular weight excluding hydrogens is 340 g/mol. The SMILES string of the molecule is COc1ccc(CC2=CC(Br)=C(CC=O)[CH][C@@H]2Cl)cc1. The van der Waals surface area contributed by atoms with Gasteiger partial charge in [0, 0.05) is 17.3 Å². The van der Waals surface area contributed by atoms with Gasteiger partial charge in [0.1, 0.15) is 12.0 Å². The molecule has 0 saturated carbocycles. The number of carbonyl (C=O) groups excluding carboxylic acids is 1. The molecule has 0 bridgehead atoms. The highest BCUT2D eigenvalue weighted by Gasteiger charge is 2.20. The Balaban J connectivity index is 2.15. The van der Waals surface area contributed by atoms with Crippen molar-refractivity contribution in [3.63, 3.8) is 0 Å². The number of benzene rings is 1. The maximum atomic E-state index is 10.6. The van der Waals surface area contributed by atoms with E-state index in [9.17, 15) is 4.79 Å². The summed E-state index contributed by atoms with van der Waals surface area (Å²) in [4.78, 5) is 10.6. The molecule has 105 valence electrons. The molecule has 1 aliphatic rings. The highest BCUT2D eigenvalue weighted by Crippen LogP contribution is 2.33. The molecule has 1 aromatic rings. The van der Waals surface area contributed by atoms with Gasteiger partial charge in [0.25, 0.3) is 0 Å². The van der Waals surface area contributed by atoms with Crippen LogP contribution in [0.3, 0.4) is 0 Å². The molecule has 1 atom stereocenters. The second kappa shape index (κ2) is 7.09. The van der Waals surface area contributed by atoms with Crippen LogP contribution in [0, 0.1) is 6.42 Å². The summed E-state index contributed by atoms with van der Waals surface area (Å²) < 4.78 is 6.08. The molecule has 0 N–H and O–H groups in total. The van der Waals surface area contributed by atoms with Crippen molar-refractivity contribution in [1.29, 1.82) is 0 Å². The molecule has 0 aliphatic heterocycles. The van der Waals surface area contributed by atoms with E-state index in [0.717, 1.165) is 34.1 Å². The van der Waals surface area contributed by atoms with E-state index in [-0.39, 0.29) is 5.38 Å². The molecular formula is C16H15BrClO2. The van der Waals surface area contributed by atoms with Crippen molar-refractivity contribution < 1.29 is 9.53 Å². The Bertz CT molecular complexity index is 546. The van der Waals surface area contributed by atoms with Crippen molar-refractivity contribution in [2.24, 2.45) is 0 Å². The standard InChI is InChI=1S/C16H15BrClO2/c1-20-14-4-2-11(3-5-14)8-13-9-15(17)12(6-7-19)10-16(13)18/h2-5,7,9-10,16H,6,8H2,1H3/t16-/m0/s1. The largest absolute Gasteiger partial charge is 0.497 e. The first-order valence-electron chi connectivity index (χ1n) is 6.28. The van der Waals surface area contributed by atoms with Crippen LogP contribution in [-0.4, -0.2) is 18.8 Å². The maximum Gasteiger partial charge on any atom is 0.124 e. The lowest BCUT2D eigenvalue weighted by Gasteiger charge is -2.21. The predicted molar refractivity (Wildman–Crippen MR) is 85.4 cm³/mol. The van der Waals surface area contributed by atoms with Crippen LogP contribution >= 0.6 is 27.5 Å². The Morgan fingerprint density at radius 1 is 1.35 bits per heavy atom. The summed E-state index contributed by atoms with van der Waals surface area (Å²) in [6, 6.07) is 7.94. The Morgan fingerprint density at radius 2 is 2.05 bits per heavy atom.